The van der Waals surface area contributed by atoms with Gasteiger partial charge in [0.1, 0.15) is 18.2 Å². The van der Waals surface area contributed by atoms with Crippen LogP contribution in [0.3, 0.4) is 0 Å². The first-order chi connectivity index (χ1) is 23.2. The highest BCUT2D eigenvalue weighted by atomic mass is 16.5. The molecule has 1 N–H and O–H groups in total. The monoisotopic (exact) mass is 681 g/mol. The minimum Gasteiger partial charge on any atom is -0.456 e. The number of likely N-dealkylation sites (tertiary alicyclic amines) is 3. The molecule has 3 aliphatic rings. The number of piperidine rings is 1. The number of carbonyl (C=O) groups excluding carboxylic acids is 4. The van der Waals surface area contributed by atoms with E-state index in [1.165, 1.54) is 0 Å². The number of benzene rings is 1. The second kappa shape index (κ2) is 17.3. The smallest absolute Gasteiger partial charge is 0.329 e. The van der Waals surface area contributed by atoms with Gasteiger partial charge in [-0.2, -0.15) is 0 Å². The van der Waals surface area contributed by atoms with Crippen LogP contribution in [0.4, 0.5) is 0 Å². The molecule has 1 aromatic rings. The molecule has 1 unspecified atom stereocenters. The topological polar surface area (TPSA) is 102 Å². The molecule has 3 fully saturated rings. The van der Waals surface area contributed by atoms with Crippen molar-refractivity contribution in [3.63, 3.8) is 0 Å². The van der Waals surface area contributed by atoms with Gasteiger partial charge in [-0.3, -0.25) is 24.2 Å². The largest absolute Gasteiger partial charge is 0.456 e. The summed E-state index contributed by atoms with van der Waals surface area (Å²) in [4.78, 5) is 63.3. The van der Waals surface area contributed by atoms with Crippen LogP contribution in [0.2, 0.25) is 0 Å². The summed E-state index contributed by atoms with van der Waals surface area (Å²) in [7, 11) is 3.82. The Morgan fingerprint density at radius 2 is 1.57 bits per heavy atom. The van der Waals surface area contributed by atoms with Crippen molar-refractivity contribution in [3.8, 4) is 0 Å². The molecule has 274 valence electrons. The maximum atomic E-state index is 14.2. The fourth-order valence-corrected chi connectivity index (χ4v) is 7.91. The summed E-state index contributed by atoms with van der Waals surface area (Å²) in [5.74, 6) is -0.412. The van der Waals surface area contributed by atoms with Crippen molar-refractivity contribution >= 4 is 23.7 Å². The number of likely N-dealkylation sites (N-methyl/N-ethyl adjacent to an activating group) is 2. The van der Waals surface area contributed by atoms with Gasteiger partial charge in [0.15, 0.2) is 0 Å². The zero-order chi connectivity index (χ0) is 35.9. The zero-order valence-corrected chi connectivity index (χ0v) is 31.5. The Labute approximate surface area is 295 Å². The number of ether oxygens (including phenoxy) is 1. The molecule has 6 atom stereocenters. The quantitative estimate of drug-likeness (QED) is 0.292. The average molecular weight is 682 g/mol. The summed E-state index contributed by atoms with van der Waals surface area (Å²) >= 11 is 0. The fourth-order valence-electron chi connectivity index (χ4n) is 7.91. The number of hydrogen-bond donors (Lipinski definition) is 1. The zero-order valence-electron chi connectivity index (χ0n) is 31.5. The van der Waals surface area contributed by atoms with Crippen LogP contribution in [0, 0.1) is 11.3 Å². The number of amides is 3. The van der Waals surface area contributed by atoms with E-state index >= 15 is 0 Å². The third kappa shape index (κ3) is 9.63. The van der Waals surface area contributed by atoms with E-state index < -0.39 is 17.5 Å². The Bertz CT molecular complexity index is 1270. The molecular weight excluding hydrogens is 618 g/mol. The third-order valence-corrected chi connectivity index (χ3v) is 10.9. The first-order valence-corrected chi connectivity index (χ1v) is 18.8. The third-order valence-electron chi connectivity index (χ3n) is 10.9. The minimum absolute atomic E-state index is 0.0170. The molecule has 1 aromatic carbocycles. The van der Waals surface area contributed by atoms with Gasteiger partial charge in [-0.25, -0.2) is 4.79 Å². The molecule has 3 aliphatic heterocycles. The van der Waals surface area contributed by atoms with E-state index in [9.17, 15) is 19.2 Å². The lowest BCUT2D eigenvalue weighted by molar-refractivity contribution is -0.160. The Kier molecular flexibility index (Phi) is 13.7. The van der Waals surface area contributed by atoms with E-state index in [4.69, 9.17) is 4.74 Å². The van der Waals surface area contributed by atoms with Gasteiger partial charge >= 0.3 is 5.97 Å². The molecule has 0 spiro atoms. The van der Waals surface area contributed by atoms with Gasteiger partial charge in [-0.1, -0.05) is 84.7 Å². The summed E-state index contributed by atoms with van der Waals surface area (Å²) in [6.45, 7) is 15.0. The first-order valence-electron chi connectivity index (χ1n) is 18.8. The summed E-state index contributed by atoms with van der Waals surface area (Å²) in [6, 6.07) is 7.84. The van der Waals surface area contributed by atoms with Gasteiger partial charge in [0.2, 0.25) is 17.7 Å². The van der Waals surface area contributed by atoms with Gasteiger partial charge < -0.3 is 19.9 Å². The molecule has 10 nitrogen and oxygen atoms in total. The highest BCUT2D eigenvalue weighted by molar-refractivity contribution is 5.91. The SMILES string of the molecule is CCC[C@@H](OC(=O)[C@@H]1CCCN1C(=O)[C@@H]1CCCN1C[C@H](C(C)C)N(C)C(=O)[C@@H](NC(=O)C1CCCCN1C)C(C)(C)C)c1ccccc1. The molecule has 3 saturated heterocycles. The Balaban J connectivity index is 1.44. The number of nitrogens with zero attached hydrogens (tertiary/aromatic N) is 4. The second-order valence-corrected chi connectivity index (χ2v) is 16.0. The molecule has 3 heterocycles. The molecule has 0 aromatic heterocycles. The Morgan fingerprint density at radius 1 is 0.918 bits per heavy atom. The average Bonchev–Trinajstić information content (AvgIpc) is 3.75. The standard InChI is InChI=1S/C39H63N5O5/c1-9-17-33(28-18-11-10-12-19-28)49-38(48)31-22-16-25-44(31)36(46)30-21-15-24-43(30)26-32(27(2)3)42(8)37(47)34(39(4,5)6)40-35(45)29-20-13-14-23-41(29)7/h10-12,18-19,27,29-34H,9,13-17,20-26H2,1-8H3,(H,40,45)/t29?,30-,31-,32+,33+,34+/m0/s1. The number of carbonyl (C=O) groups is 4. The van der Waals surface area contributed by atoms with Gasteiger partial charge in [-0.05, 0) is 82.0 Å². The molecule has 4 rings (SSSR count). The van der Waals surface area contributed by atoms with Gasteiger partial charge in [-0.15, -0.1) is 0 Å². The second-order valence-electron chi connectivity index (χ2n) is 16.0. The van der Waals surface area contributed by atoms with Crippen molar-refractivity contribution in [1.82, 2.24) is 24.9 Å². The van der Waals surface area contributed by atoms with Crippen LogP contribution in [0.5, 0.6) is 0 Å². The van der Waals surface area contributed by atoms with E-state index in [0.717, 1.165) is 70.0 Å². The molecule has 0 bridgehead atoms. The maximum Gasteiger partial charge on any atom is 0.329 e. The summed E-state index contributed by atoms with van der Waals surface area (Å²) in [6.07, 6.45) is 7.14. The number of esters is 1. The van der Waals surface area contributed by atoms with Crippen LogP contribution in [0.25, 0.3) is 0 Å². The molecule has 49 heavy (non-hydrogen) atoms. The van der Waals surface area contributed by atoms with Crippen molar-refractivity contribution in [3.05, 3.63) is 35.9 Å². The van der Waals surface area contributed by atoms with Crippen LogP contribution in [-0.4, -0.2) is 114 Å². The van der Waals surface area contributed by atoms with E-state index in [0.29, 0.717) is 19.5 Å². The molecular formula is C39H63N5O5. The Morgan fingerprint density at radius 3 is 2.20 bits per heavy atom. The minimum atomic E-state index is -0.679. The van der Waals surface area contributed by atoms with Crippen molar-refractivity contribution in [2.75, 3.05) is 40.3 Å². The van der Waals surface area contributed by atoms with Crippen LogP contribution in [0.1, 0.15) is 111 Å². The predicted molar refractivity (Wildman–Crippen MR) is 193 cm³/mol. The summed E-state index contributed by atoms with van der Waals surface area (Å²) in [5, 5.41) is 3.15. The van der Waals surface area contributed by atoms with Crippen molar-refractivity contribution in [1.29, 1.82) is 0 Å². The van der Waals surface area contributed by atoms with Crippen LogP contribution >= 0.6 is 0 Å². The van der Waals surface area contributed by atoms with E-state index in [1.807, 2.05) is 65.2 Å². The fraction of sp³-hybridized carbons (Fsp3) is 0.744. The molecule has 0 radical (unpaired) electrons. The van der Waals surface area contributed by atoms with Crippen molar-refractivity contribution in [2.45, 2.75) is 136 Å². The lowest BCUT2D eigenvalue weighted by Gasteiger charge is -2.41. The van der Waals surface area contributed by atoms with Gasteiger partial charge in [0.25, 0.3) is 0 Å². The maximum absolute atomic E-state index is 14.2. The van der Waals surface area contributed by atoms with Crippen LogP contribution < -0.4 is 5.32 Å². The summed E-state index contributed by atoms with van der Waals surface area (Å²) in [5.41, 5.74) is 0.487. The van der Waals surface area contributed by atoms with Gasteiger partial charge in [0.05, 0.1) is 12.1 Å². The lowest BCUT2D eigenvalue weighted by atomic mass is 9.84. The summed E-state index contributed by atoms with van der Waals surface area (Å²) < 4.78 is 6.08. The van der Waals surface area contributed by atoms with E-state index in [2.05, 4.69) is 35.9 Å². The highest BCUT2D eigenvalue weighted by Crippen LogP contribution is 2.30. The number of nitrogens with one attached hydrogen (secondary N) is 1. The van der Waals surface area contributed by atoms with Crippen LogP contribution in [0.15, 0.2) is 30.3 Å². The first kappa shape index (κ1) is 38.8. The van der Waals surface area contributed by atoms with Crippen molar-refractivity contribution < 1.29 is 23.9 Å². The van der Waals surface area contributed by atoms with Crippen molar-refractivity contribution in [2.24, 2.45) is 11.3 Å². The van der Waals surface area contributed by atoms with Gasteiger partial charge in [0, 0.05) is 26.2 Å². The van der Waals surface area contributed by atoms with E-state index in [1.54, 1.807) is 9.80 Å². The molecule has 0 saturated carbocycles. The lowest BCUT2D eigenvalue weighted by Crippen LogP contribution is -2.61. The number of rotatable bonds is 13. The molecule has 10 heteroatoms. The highest BCUT2D eigenvalue weighted by Gasteiger charge is 2.44. The predicted octanol–water partition coefficient (Wildman–Crippen LogP) is 5.02. The normalized spacial score (nSPS) is 24.0. The van der Waals surface area contributed by atoms with E-state index in [-0.39, 0.29) is 53.8 Å². The van der Waals surface area contributed by atoms with Crippen LogP contribution in [-0.2, 0) is 23.9 Å². The Hall–Kier alpha value is -2.98. The molecule has 0 aliphatic carbocycles. The molecule has 3 amide bonds. The number of hydrogen-bond acceptors (Lipinski definition) is 7.